The Morgan fingerprint density at radius 3 is 1.73 bits per heavy atom. The number of quaternary nitrogens is 3. The lowest BCUT2D eigenvalue weighted by molar-refractivity contribution is -0.889. The van der Waals surface area contributed by atoms with Gasteiger partial charge in [0.2, 0.25) is 5.91 Å². The lowest BCUT2D eigenvalue weighted by Crippen LogP contribution is -2.46. The topological polar surface area (TPSA) is 230 Å². The monoisotopic (exact) mass is 1110 g/mol. The second-order valence-corrected chi connectivity index (χ2v) is 24.7. The highest BCUT2D eigenvalue weighted by atomic mass is 32.2. The molecule has 432 valence electrons. The van der Waals surface area contributed by atoms with Crippen LogP contribution < -0.4 is 9.79 Å². The van der Waals surface area contributed by atoms with E-state index in [0.29, 0.717) is 72.2 Å². The fraction of sp³-hybridized carbons (Fsp3) is 0.692. The van der Waals surface area contributed by atoms with Crippen molar-refractivity contribution in [2.45, 2.75) is 98.5 Å². The van der Waals surface area contributed by atoms with Crippen LogP contribution in [0.2, 0.25) is 0 Å². The summed E-state index contributed by atoms with van der Waals surface area (Å²) in [5.74, 6) is -0.972. The van der Waals surface area contributed by atoms with Crippen LogP contribution in [0.15, 0.2) is 67.3 Å². The number of benzene rings is 1. The van der Waals surface area contributed by atoms with E-state index >= 15 is 0 Å². The van der Waals surface area contributed by atoms with E-state index in [-0.39, 0.29) is 57.7 Å². The fourth-order valence-electron chi connectivity index (χ4n) is 5.73. The molecule has 0 aliphatic carbocycles. The van der Waals surface area contributed by atoms with Crippen LogP contribution in [0, 0.1) is 0 Å². The third kappa shape index (κ3) is 51.2. The standard InChI is InChI=1S/C22H42N2O4S.C18H30NO5P.C11H22NO6P.CH4/c1-5-6-7-8-9-10-11-12-13-14-15-17-22(25)23(2)18-20-24(3,4)19-16-21-29(26,27)28;1-5-17-8-10-18(11-9-17)16-22-13-6-7-14-23-25(20,21)24-15-12-19(2,3)4;1-10(2)11(13)16-8-9-18-19(14,15)17-7-6-12(3,4)5;/h13-15,17H,5-12,16,18-21H2,1-4H3;5,8-11H,1,6-7,12-16H2,2-4H3;1,6-9H2,2-5H3;1H4. The molecule has 0 radical (unpaired) electrons. The largest absolute Gasteiger partial charge is 0.756 e. The number of ether oxygens (including phenoxy) is 2. The molecule has 1 aromatic rings. The van der Waals surface area contributed by atoms with E-state index in [4.69, 9.17) is 13.8 Å². The Morgan fingerprint density at radius 1 is 0.703 bits per heavy atom. The Bertz CT molecular complexity index is 1950. The number of phosphoric ester groups is 2. The molecule has 0 saturated carbocycles. The molecule has 74 heavy (non-hydrogen) atoms. The van der Waals surface area contributed by atoms with Crippen LogP contribution in [0.25, 0.3) is 6.08 Å². The van der Waals surface area contributed by atoms with Crippen LogP contribution >= 0.6 is 15.6 Å². The summed E-state index contributed by atoms with van der Waals surface area (Å²) in [4.78, 5) is 47.7. The zero-order valence-electron chi connectivity index (χ0n) is 46.3. The summed E-state index contributed by atoms with van der Waals surface area (Å²) in [6.07, 6.45) is 21.0. The van der Waals surface area contributed by atoms with Crippen LogP contribution in [0.1, 0.15) is 103 Å². The van der Waals surface area contributed by atoms with Gasteiger partial charge in [0.15, 0.2) is 0 Å². The predicted molar refractivity (Wildman–Crippen MR) is 292 cm³/mol. The van der Waals surface area contributed by atoms with Crippen LogP contribution in [0.5, 0.6) is 0 Å². The van der Waals surface area contributed by atoms with Crippen LogP contribution in [-0.4, -0.2) is 185 Å². The highest BCUT2D eigenvalue weighted by Gasteiger charge is 2.18. The normalized spacial score (nSPS) is 13.6. The quantitative estimate of drug-likeness (QED) is 0.0118. The average Bonchev–Trinajstić information content (AvgIpc) is 3.27. The molecule has 0 aliphatic rings. The number of phosphoric acid groups is 2. The minimum Gasteiger partial charge on any atom is -0.756 e. The van der Waals surface area contributed by atoms with Gasteiger partial charge in [-0.25, -0.2) is 13.2 Å². The van der Waals surface area contributed by atoms with Crippen molar-refractivity contribution < 1.29 is 82.5 Å². The van der Waals surface area contributed by atoms with E-state index < -0.39 is 31.7 Å². The zero-order chi connectivity index (χ0) is 56.0. The number of esters is 1. The maximum absolute atomic E-state index is 12.1. The Kier molecular flexibility index (Phi) is 42.0. The molecule has 19 nitrogen and oxygen atoms in total. The van der Waals surface area contributed by atoms with E-state index in [1.54, 1.807) is 30.2 Å². The molecule has 1 rings (SSSR count). The van der Waals surface area contributed by atoms with E-state index in [2.05, 4.69) is 39.9 Å². The third-order valence-corrected chi connectivity index (χ3v) is 13.2. The highest BCUT2D eigenvalue weighted by molar-refractivity contribution is 7.85. The third-order valence-electron chi connectivity index (χ3n) is 10.4. The van der Waals surface area contributed by atoms with E-state index in [1.807, 2.05) is 86.7 Å². The first-order valence-corrected chi connectivity index (χ1v) is 29.6. The lowest BCUT2D eigenvalue weighted by atomic mass is 10.1. The number of hydrogen-bond acceptors (Lipinski definition) is 15. The summed E-state index contributed by atoms with van der Waals surface area (Å²) < 4.78 is 85.9. The van der Waals surface area contributed by atoms with Gasteiger partial charge in [0, 0.05) is 37.5 Å². The van der Waals surface area contributed by atoms with Crippen molar-refractivity contribution in [2.75, 3.05) is 142 Å². The minimum absolute atomic E-state index is 0. The molecule has 0 N–H and O–H groups in total. The second-order valence-electron chi connectivity index (χ2n) is 20.3. The van der Waals surface area contributed by atoms with Gasteiger partial charge in [0.25, 0.3) is 15.6 Å². The van der Waals surface area contributed by atoms with Gasteiger partial charge in [-0.1, -0.05) is 115 Å². The summed E-state index contributed by atoms with van der Waals surface area (Å²) in [5.41, 5.74) is 2.41. The van der Waals surface area contributed by atoms with Crippen molar-refractivity contribution in [3.63, 3.8) is 0 Å². The number of likely N-dealkylation sites (N-methyl/N-ethyl adjacent to an activating group) is 4. The number of carbonyl (C=O) groups is 2. The van der Waals surface area contributed by atoms with Crippen LogP contribution in [0.4, 0.5) is 0 Å². The molecular formula is C52H98N4O15P2S. The smallest absolute Gasteiger partial charge is 0.333 e. The van der Waals surface area contributed by atoms with Crippen molar-refractivity contribution in [2.24, 2.45) is 0 Å². The number of unbranched alkanes of at least 4 members (excludes halogenated alkanes) is 8. The van der Waals surface area contributed by atoms with E-state index in [9.17, 15) is 41.5 Å². The second kappa shape index (κ2) is 41.2. The molecule has 0 fully saturated rings. The van der Waals surface area contributed by atoms with Gasteiger partial charge in [-0.2, -0.15) is 0 Å². The maximum atomic E-state index is 12.1. The highest BCUT2D eigenvalue weighted by Crippen LogP contribution is 2.38. The molecule has 1 amide bonds. The van der Waals surface area contributed by atoms with Crippen LogP contribution in [0.3, 0.4) is 0 Å². The Hall–Kier alpha value is -2.91. The molecule has 1 aromatic carbocycles. The Morgan fingerprint density at radius 2 is 1.22 bits per heavy atom. The summed E-state index contributed by atoms with van der Waals surface area (Å²) >= 11 is 0. The lowest BCUT2D eigenvalue weighted by Gasteiger charge is -2.31. The summed E-state index contributed by atoms with van der Waals surface area (Å²) in [5, 5.41) is 0. The van der Waals surface area contributed by atoms with Gasteiger partial charge < -0.3 is 60.3 Å². The van der Waals surface area contributed by atoms with Gasteiger partial charge >= 0.3 is 5.97 Å². The first kappa shape index (κ1) is 75.3. The van der Waals surface area contributed by atoms with Crippen molar-refractivity contribution in [3.8, 4) is 0 Å². The molecule has 0 aromatic heterocycles. The van der Waals surface area contributed by atoms with Crippen molar-refractivity contribution in [1.82, 2.24) is 4.90 Å². The number of amides is 1. The fourth-order valence-corrected chi connectivity index (χ4v) is 7.62. The molecule has 0 heterocycles. The zero-order valence-corrected chi connectivity index (χ0v) is 48.9. The van der Waals surface area contributed by atoms with Gasteiger partial charge in [-0.3, -0.25) is 13.9 Å². The molecule has 22 heteroatoms. The van der Waals surface area contributed by atoms with Gasteiger partial charge in [0.05, 0.1) is 106 Å². The molecular weight excluding hydrogens is 1010 g/mol. The van der Waals surface area contributed by atoms with Crippen molar-refractivity contribution in [3.05, 3.63) is 78.4 Å². The average molecular weight is 1110 g/mol. The molecule has 0 bridgehead atoms. The Balaban J connectivity index is -0.00000104. The summed E-state index contributed by atoms with van der Waals surface area (Å²) in [7, 11) is 4.65. The summed E-state index contributed by atoms with van der Waals surface area (Å²) in [6, 6.07) is 7.98. The van der Waals surface area contributed by atoms with E-state index in [0.717, 1.165) is 24.0 Å². The van der Waals surface area contributed by atoms with E-state index in [1.165, 1.54) is 51.9 Å². The van der Waals surface area contributed by atoms with Crippen LogP contribution in [-0.2, 0) is 63.0 Å². The number of nitrogens with zero attached hydrogens (tertiary/aromatic N) is 4. The predicted octanol–water partition coefficient (Wildman–Crippen LogP) is 7.49. The molecule has 2 unspecified atom stereocenters. The van der Waals surface area contributed by atoms with Gasteiger partial charge in [-0.05, 0) is 43.7 Å². The minimum atomic E-state index is -4.34. The molecule has 0 aliphatic heterocycles. The Labute approximate surface area is 447 Å². The molecule has 2 atom stereocenters. The SMILES string of the molecule is C.C=C(C)C(=O)OCCOP(=O)([O-])OCC[N+](C)(C)C.C=Cc1ccc(COCCCCOP(=O)([O-])OCC[N+](C)(C)C)cc1.CCCCCCCCCC=CC=CC(=O)N(C)CC[N+](C)(C)CCCS(=O)(=O)[O-]. The van der Waals surface area contributed by atoms with Gasteiger partial charge in [0.1, 0.15) is 32.9 Å². The maximum Gasteiger partial charge on any atom is 0.333 e. The van der Waals surface area contributed by atoms with Crippen molar-refractivity contribution in [1.29, 1.82) is 0 Å². The first-order chi connectivity index (χ1) is 33.8. The number of carbonyl (C=O) groups excluding carboxylic acids is 2. The number of rotatable bonds is 39. The summed E-state index contributed by atoms with van der Waals surface area (Å²) in [6.45, 7) is 14.7. The number of hydrogen-bond donors (Lipinski definition) is 0. The first-order valence-electron chi connectivity index (χ1n) is 25.1. The number of allylic oxidation sites excluding steroid dienone is 3. The van der Waals surface area contributed by atoms with Gasteiger partial charge in [-0.15, -0.1) is 0 Å². The van der Waals surface area contributed by atoms with Crippen molar-refractivity contribution >= 4 is 43.7 Å². The molecule has 0 spiro atoms. The molecule has 0 saturated heterocycles.